The molecule has 0 unspecified atom stereocenters. The Labute approximate surface area is 234 Å². The van der Waals surface area contributed by atoms with Crippen LogP contribution in [0.25, 0.3) is 0 Å². The highest BCUT2D eigenvalue weighted by Gasteiger charge is 2.37. The molecule has 1 aliphatic heterocycles. The fourth-order valence-corrected chi connectivity index (χ4v) is 6.75. The first-order valence-electron chi connectivity index (χ1n) is 10.8. The Morgan fingerprint density at radius 1 is 0.909 bits per heavy atom. The molecule has 3 aromatic rings. The predicted molar refractivity (Wildman–Crippen MR) is 154 cm³/mol. The van der Waals surface area contributed by atoms with E-state index in [0.717, 1.165) is 36.6 Å². The van der Waals surface area contributed by atoms with Crippen molar-refractivity contribution < 1.29 is 19.6 Å². The quantitative estimate of drug-likeness (QED) is 0.117. The zero-order valence-corrected chi connectivity index (χ0v) is 24.3. The Hall–Kier alpha value is -1.05. The largest absolute Gasteiger partial charge is 0.423 e. The molecule has 0 radical (unpaired) electrons. The lowest BCUT2D eigenvalue weighted by molar-refractivity contribution is -0.665. The number of carbonyl (C=O) groups is 2. The van der Waals surface area contributed by atoms with Gasteiger partial charge in [-0.3, -0.25) is 4.79 Å². The van der Waals surface area contributed by atoms with E-state index in [1.807, 2.05) is 18.2 Å². The number of Topliss-reactive ketones (excluding diaryl/α,β-unsaturated/α-hetero) is 1. The van der Waals surface area contributed by atoms with Gasteiger partial charge in [0.1, 0.15) is 5.75 Å². The van der Waals surface area contributed by atoms with Crippen molar-refractivity contribution in [2.24, 2.45) is 0 Å². The van der Waals surface area contributed by atoms with Crippen LogP contribution in [0.15, 0.2) is 66.7 Å². The zero-order chi connectivity index (χ0) is 23.4. The third-order valence-electron chi connectivity index (χ3n) is 6.14. The number of hydrogen-bond donors (Lipinski definition) is 1. The van der Waals surface area contributed by atoms with Crippen LogP contribution in [0.1, 0.15) is 45.5 Å². The molecule has 4 rings (SSSR count). The number of piperidine rings is 1. The fourth-order valence-electron chi connectivity index (χ4n) is 4.37. The van der Waals surface area contributed by atoms with E-state index in [-0.39, 0.29) is 11.2 Å². The van der Waals surface area contributed by atoms with Crippen LogP contribution in [0.4, 0.5) is 0 Å². The maximum atomic E-state index is 13.2. The van der Waals surface area contributed by atoms with Crippen molar-refractivity contribution in [3.05, 3.63) is 94.1 Å². The van der Waals surface area contributed by atoms with E-state index in [0.29, 0.717) is 23.3 Å². The third-order valence-corrected chi connectivity index (χ3v) is 9.81. The number of esters is 1. The van der Waals surface area contributed by atoms with Gasteiger partial charge in [0.25, 0.3) is 0 Å². The summed E-state index contributed by atoms with van der Waals surface area (Å²) in [6.07, 6.45) is 2.47. The monoisotopic (exact) mass is 778 g/mol. The normalized spacial score (nSPS) is 15.1. The third kappa shape index (κ3) is 5.96. The van der Waals surface area contributed by atoms with Crippen molar-refractivity contribution in [2.45, 2.75) is 24.7 Å². The average molecular weight is 778 g/mol. The molecule has 0 amide bonds. The molecular weight excluding hydrogens is 755 g/mol. The van der Waals surface area contributed by atoms with Gasteiger partial charge in [-0.05, 0) is 110 Å². The first-order valence-corrected chi connectivity index (χ1v) is 14.0. The van der Waals surface area contributed by atoms with Gasteiger partial charge < -0.3 is 10.1 Å². The predicted octanol–water partition coefficient (Wildman–Crippen LogP) is 5.59. The molecular formula is C26H23I3NO3+. The van der Waals surface area contributed by atoms with Crippen LogP contribution in [0.3, 0.4) is 0 Å². The smallest absolute Gasteiger partial charge is 0.344 e. The van der Waals surface area contributed by atoms with Crippen LogP contribution in [0.2, 0.25) is 0 Å². The number of halogens is 3. The summed E-state index contributed by atoms with van der Waals surface area (Å²) < 4.78 is 8.47. The summed E-state index contributed by atoms with van der Waals surface area (Å²) in [4.78, 5) is 26.0. The first-order chi connectivity index (χ1) is 15.9. The molecule has 0 aromatic heterocycles. The first kappa shape index (κ1) is 25.1. The number of quaternary nitrogens is 1. The van der Waals surface area contributed by atoms with E-state index < -0.39 is 5.97 Å². The van der Waals surface area contributed by atoms with Crippen LogP contribution < -0.4 is 10.1 Å². The Kier molecular flexibility index (Phi) is 8.45. The second kappa shape index (κ2) is 11.1. The molecule has 4 nitrogen and oxygen atoms in total. The van der Waals surface area contributed by atoms with E-state index in [9.17, 15) is 9.59 Å². The number of hydrogen-bond acceptors (Lipinski definition) is 3. The Morgan fingerprint density at radius 3 is 2.24 bits per heavy atom. The SMILES string of the molecule is O=C(CC1(c2ccccc2)CC[NH2+]CC1)c1ccc(OC(=O)c2cc(I)cc(I)c2I)cc1. The number of carbonyl (C=O) groups excluding carboxylic acids is 2. The average Bonchev–Trinajstić information content (AvgIpc) is 2.83. The molecule has 0 saturated carbocycles. The highest BCUT2D eigenvalue weighted by atomic mass is 127. The molecule has 1 fully saturated rings. The van der Waals surface area contributed by atoms with Crippen molar-refractivity contribution in [3.63, 3.8) is 0 Å². The number of rotatable bonds is 6. The van der Waals surface area contributed by atoms with Crippen LogP contribution in [0, 0.1) is 10.7 Å². The topological polar surface area (TPSA) is 60.0 Å². The minimum atomic E-state index is -0.392. The number of ketones is 1. The summed E-state index contributed by atoms with van der Waals surface area (Å²) in [5, 5.41) is 2.32. The van der Waals surface area contributed by atoms with Gasteiger partial charge >= 0.3 is 5.97 Å². The highest BCUT2D eigenvalue weighted by Crippen LogP contribution is 2.37. The van der Waals surface area contributed by atoms with E-state index >= 15 is 0 Å². The summed E-state index contributed by atoms with van der Waals surface area (Å²) in [5.41, 5.74) is 2.33. The van der Waals surface area contributed by atoms with Gasteiger partial charge in [0.05, 0.1) is 18.7 Å². The lowest BCUT2D eigenvalue weighted by atomic mass is 9.69. The summed E-state index contributed by atoms with van der Waals surface area (Å²) >= 11 is 6.58. The van der Waals surface area contributed by atoms with Crippen LogP contribution in [0.5, 0.6) is 5.75 Å². The summed E-state index contributed by atoms with van der Waals surface area (Å²) in [6.45, 7) is 2.07. The summed E-state index contributed by atoms with van der Waals surface area (Å²) in [5.74, 6) is 0.169. The van der Waals surface area contributed by atoms with Crippen molar-refractivity contribution >= 4 is 79.5 Å². The van der Waals surface area contributed by atoms with E-state index in [4.69, 9.17) is 4.74 Å². The van der Waals surface area contributed by atoms with Gasteiger partial charge in [-0.1, -0.05) is 30.3 Å². The zero-order valence-electron chi connectivity index (χ0n) is 17.8. The lowest BCUT2D eigenvalue weighted by Crippen LogP contribution is -2.87. The minimum absolute atomic E-state index is 0.115. The van der Waals surface area contributed by atoms with Crippen molar-refractivity contribution in [2.75, 3.05) is 13.1 Å². The molecule has 2 N–H and O–H groups in total. The second-order valence-electron chi connectivity index (χ2n) is 8.28. The second-order valence-corrected chi connectivity index (χ2v) is 11.8. The van der Waals surface area contributed by atoms with Gasteiger partial charge in [0.15, 0.2) is 5.78 Å². The highest BCUT2D eigenvalue weighted by molar-refractivity contribution is 14.1. The van der Waals surface area contributed by atoms with Gasteiger partial charge in [-0.15, -0.1) is 0 Å². The standard InChI is InChI=1S/C26H22I3NO3/c27-19-14-21(24(29)22(28)15-19)25(32)33-20-8-6-17(7-9-20)23(31)16-26(10-12-30-13-11-26)18-4-2-1-3-5-18/h1-9,14-15,30H,10-13,16H2/p+1. The number of ether oxygens (including phenoxy) is 1. The van der Waals surface area contributed by atoms with E-state index in [2.05, 4.69) is 97.4 Å². The maximum absolute atomic E-state index is 13.2. The maximum Gasteiger partial charge on any atom is 0.344 e. The molecule has 0 atom stereocenters. The molecule has 7 heteroatoms. The van der Waals surface area contributed by atoms with Gasteiger partial charge in [0.2, 0.25) is 0 Å². The molecule has 1 aliphatic rings. The molecule has 33 heavy (non-hydrogen) atoms. The number of benzene rings is 3. The van der Waals surface area contributed by atoms with Crippen molar-refractivity contribution in [1.82, 2.24) is 0 Å². The lowest BCUT2D eigenvalue weighted by Gasteiger charge is -2.36. The van der Waals surface area contributed by atoms with E-state index in [1.165, 1.54) is 5.56 Å². The molecule has 0 bridgehead atoms. The van der Waals surface area contributed by atoms with Crippen LogP contribution in [-0.4, -0.2) is 24.8 Å². The van der Waals surface area contributed by atoms with Crippen LogP contribution in [-0.2, 0) is 5.41 Å². The molecule has 0 aliphatic carbocycles. The van der Waals surface area contributed by atoms with E-state index in [1.54, 1.807) is 24.3 Å². The molecule has 3 aromatic carbocycles. The fraction of sp³-hybridized carbons (Fsp3) is 0.231. The summed E-state index contributed by atoms with van der Waals surface area (Å²) in [7, 11) is 0. The minimum Gasteiger partial charge on any atom is -0.423 e. The Balaban J connectivity index is 1.49. The molecule has 1 heterocycles. The molecule has 170 valence electrons. The van der Waals surface area contributed by atoms with Crippen molar-refractivity contribution in [1.29, 1.82) is 0 Å². The van der Waals surface area contributed by atoms with Gasteiger partial charge in [-0.2, -0.15) is 0 Å². The van der Waals surface area contributed by atoms with Crippen molar-refractivity contribution in [3.8, 4) is 5.75 Å². The Morgan fingerprint density at radius 2 is 1.58 bits per heavy atom. The Bertz CT molecular complexity index is 1160. The van der Waals surface area contributed by atoms with Gasteiger partial charge in [-0.25, -0.2) is 4.79 Å². The summed E-state index contributed by atoms with van der Waals surface area (Å²) in [6, 6.07) is 21.2. The molecule has 1 saturated heterocycles. The van der Waals surface area contributed by atoms with Gasteiger partial charge in [0, 0.05) is 41.0 Å². The number of nitrogens with two attached hydrogens (primary N) is 1. The molecule has 0 spiro atoms. The van der Waals surface area contributed by atoms with Crippen LogP contribution >= 0.6 is 67.8 Å².